The standard InChI is InChI=1S/C15H29N.HI/c1-16-12-15(13-8-4-2-5-9-13)14-10-6-3-7-11-14;/h13-16H,2-12H2,1H3;1H. The van der Waals surface area contributed by atoms with E-state index in [1.165, 1.54) is 70.8 Å². The molecule has 2 heteroatoms. The van der Waals surface area contributed by atoms with Gasteiger partial charge in [0.1, 0.15) is 0 Å². The fourth-order valence-electron chi connectivity index (χ4n) is 4.17. The molecule has 102 valence electrons. The van der Waals surface area contributed by atoms with Gasteiger partial charge in [-0.2, -0.15) is 0 Å². The third-order valence-electron chi connectivity index (χ3n) is 5.02. The van der Waals surface area contributed by atoms with Gasteiger partial charge < -0.3 is 29.3 Å². The highest BCUT2D eigenvalue weighted by Crippen LogP contribution is 2.39. The van der Waals surface area contributed by atoms with Crippen LogP contribution in [0.5, 0.6) is 0 Å². The molecule has 0 saturated heterocycles. The van der Waals surface area contributed by atoms with E-state index >= 15 is 0 Å². The maximum atomic E-state index is 2.44. The monoisotopic (exact) mass is 351 g/mol. The molecule has 0 unspecified atom stereocenters. The summed E-state index contributed by atoms with van der Waals surface area (Å²) in [5, 5.41) is 2.44. The second kappa shape index (κ2) is 8.73. The van der Waals surface area contributed by atoms with E-state index in [4.69, 9.17) is 0 Å². The Hall–Kier alpha value is 0.690. The predicted octanol–water partition coefficient (Wildman–Crippen LogP) is -0.0396. The molecular weight excluding hydrogens is 321 g/mol. The Bertz CT molecular complexity index is 165. The van der Waals surface area contributed by atoms with Crippen LogP contribution in [0.1, 0.15) is 64.2 Å². The third-order valence-corrected chi connectivity index (χ3v) is 5.02. The van der Waals surface area contributed by atoms with Crippen molar-refractivity contribution in [2.45, 2.75) is 64.2 Å². The number of quaternary nitrogens is 1. The summed E-state index contributed by atoms with van der Waals surface area (Å²) in [6, 6.07) is 0. The van der Waals surface area contributed by atoms with Crippen molar-refractivity contribution in [3.63, 3.8) is 0 Å². The van der Waals surface area contributed by atoms with Gasteiger partial charge in [0.25, 0.3) is 0 Å². The minimum absolute atomic E-state index is 0. The smallest absolute Gasteiger partial charge is 0.0787 e. The average Bonchev–Trinajstić information content (AvgIpc) is 2.38. The van der Waals surface area contributed by atoms with Crippen LogP contribution in [0.2, 0.25) is 0 Å². The van der Waals surface area contributed by atoms with Gasteiger partial charge >= 0.3 is 0 Å². The molecule has 0 heterocycles. The van der Waals surface area contributed by atoms with E-state index < -0.39 is 0 Å². The molecule has 2 rings (SSSR count). The van der Waals surface area contributed by atoms with E-state index in [0.29, 0.717) is 0 Å². The molecule has 0 aromatic heterocycles. The fraction of sp³-hybridized carbons (Fsp3) is 1.00. The van der Waals surface area contributed by atoms with Crippen LogP contribution >= 0.6 is 0 Å². The summed E-state index contributed by atoms with van der Waals surface area (Å²) in [7, 11) is 2.26. The molecule has 2 aliphatic rings. The fourth-order valence-corrected chi connectivity index (χ4v) is 4.17. The van der Waals surface area contributed by atoms with Gasteiger partial charge in [0.2, 0.25) is 0 Å². The maximum Gasteiger partial charge on any atom is 0.0787 e. The Labute approximate surface area is 125 Å². The molecule has 17 heavy (non-hydrogen) atoms. The van der Waals surface area contributed by atoms with Crippen LogP contribution in [-0.4, -0.2) is 13.6 Å². The summed E-state index contributed by atoms with van der Waals surface area (Å²) < 4.78 is 0. The maximum absolute atomic E-state index is 2.44. The Morgan fingerprint density at radius 3 is 1.59 bits per heavy atom. The lowest BCUT2D eigenvalue weighted by Gasteiger charge is -2.36. The van der Waals surface area contributed by atoms with Gasteiger partial charge in [0.05, 0.1) is 13.6 Å². The van der Waals surface area contributed by atoms with Crippen LogP contribution < -0.4 is 29.3 Å². The van der Waals surface area contributed by atoms with Crippen LogP contribution in [0, 0.1) is 17.8 Å². The Morgan fingerprint density at radius 1 is 0.824 bits per heavy atom. The quantitative estimate of drug-likeness (QED) is 0.685. The zero-order valence-corrected chi connectivity index (χ0v) is 13.6. The number of halogens is 1. The number of hydrogen-bond acceptors (Lipinski definition) is 0. The molecule has 0 bridgehead atoms. The highest BCUT2D eigenvalue weighted by atomic mass is 127. The van der Waals surface area contributed by atoms with Gasteiger partial charge in [0, 0.05) is 5.92 Å². The third kappa shape index (κ3) is 4.70. The van der Waals surface area contributed by atoms with Crippen LogP contribution in [0.25, 0.3) is 0 Å². The molecule has 2 N–H and O–H groups in total. The number of hydrogen-bond donors (Lipinski definition) is 1. The molecule has 0 aromatic rings. The van der Waals surface area contributed by atoms with Crippen molar-refractivity contribution in [1.82, 2.24) is 0 Å². The van der Waals surface area contributed by atoms with E-state index in [1.807, 2.05) is 0 Å². The highest BCUT2D eigenvalue weighted by molar-refractivity contribution is 4.81. The molecule has 2 fully saturated rings. The van der Waals surface area contributed by atoms with Crippen molar-refractivity contribution in [1.29, 1.82) is 0 Å². The molecule has 0 spiro atoms. The van der Waals surface area contributed by atoms with Crippen LogP contribution in [0.4, 0.5) is 0 Å². The largest absolute Gasteiger partial charge is 1.00 e. The summed E-state index contributed by atoms with van der Waals surface area (Å²) in [4.78, 5) is 0. The average molecular weight is 351 g/mol. The van der Waals surface area contributed by atoms with Gasteiger partial charge in [-0.05, 0) is 37.5 Å². The second-order valence-electron chi connectivity index (χ2n) is 6.10. The van der Waals surface area contributed by atoms with E-state index in [-0.39, 0.29) is 24.0 Å². The Balaban J connectivity index is 0.00000144. The first kappa shape index (κ1) is 15.7. The summed E-state index contributed by atoms with van der Waals surface area (Å²) in [6.07, 6.45) is 15.2. The Kier molecular flexibility index (Phi) is 8.09. The lowest BCUT2D eigenvalue weighted by Crippen LogP contribution is -3.00. The Morgan fingerprint density at radius 2 is 1.24 bits per heavy atom. The highest BCUT2D eigenvalue weighted by Gasteiger charge is 2.31. The van der Waals surface area contributed by atoms with Crippen molar-refractivity contribution in [3.05, 3.63) is 0 Å². The van der Waals surface area contributed by atoms with Gasteiger partial charge in [-0.3, -0.25) is 0 Å². The van der Waals surface area contributed by atoms with Crippen molar-refractivity contribution in [3.8, 4) is 0 Å². The number of nitrogens with two attached hydrogens (primary N) is 1. The molecule has 0 aromatic carbocycles. The van der Waals surface area contributed by atoms with E-state index in [2.05, 4.69) is 12.4 Å². The molecule has 2 saturated carbocycles. The van der Waals surface area contributed by atoms with E-state index in [1.54, 1.807) is 0 Å². The van der Waals surface area contributed by atoms with Gasteiger partial charge in [-0.25, -0.2) is 0 Å². The first-order valence-electron chi connectivity index (χ1n) is 7.69. The van der Waals surface area contributed by atoms with Crippen LogP contribution in [0.15, 0.2) is 0 Å². The minimum Gasteiger partial charge on any atom is -1.00 e. The molecule has 0 radical (unpaired) electrons. The number of rotatable bonds is 4. The van der Waals surface area contributed by atoms with E-state index in [0.717, 1.165) is 17.8 Å². The summed E-state index contributed by atoms with van der Waals surface area (Å²) >= 11 is 0. The van der Waals surface area contributed by atoms with Gasteiger partial charge in [0.15, 0.2) is 0 Å². The first-order chi connectivity index (χ1) is 7.92. The molecule has 2 aliphatic carbocycles. The van der Waals surface area contributed by atoms with Crippen molar-refractivity contribution >= 4 is 0 Å². The predicted molar refractivity (Wildman–Crippen MR) is 69.4 cm³/mol. The summed E-state index contributed by atoms with van der Waals surface area (Å²) in [5.74, 6) is 3.20. The van der Waals surface area contributed by atoms with Crippen molar-refractivity contribution < 1.29 is 29.3 Å². The SMILES string of the molecule is C[NH2+]CC(C1CCCCC1)C1CCCCC1.[I-]. The normalized spacial score (nSPS) is 23.6. The first-order valence-corrected chi connectivity index (χ1v) is 7.69. The molecule has 1 nitrogen and oxygen atoms in total. The summed E-state index contributed by atoms with van der Waals surface area (Å²) in [5.41, 5.74) is 0. The zero-order valence-electron chi connectivity index (χ0n) is 11.5. The van der Waals surface area contributed by atoms with E-state index in [9.17, 15) is 0 Å². The van der Waals surface area contributed by atoms with Crippen molar-refractivity contribution in [2.24, 2.45) is 17.8 Å². The molecule has 0 aliphatic heterocycles. The minimum atomic E-state index is 0. The van der Waals surface area contributed by atoms with Gasteiger partial charge in [-0.1, -0.05) is 38.5 Å². The lowest BCUT2D eigenvalue weighted by atomic mass is 9.69. The summed E-state index contributed by atoms with van der Waals surface area (Å²) in [6.45, 7) is 1.40. The lowest BCUT2D eigenvalue weighted by molar-refractivity contribution is -0.635. The molecular formula is C15H30IN. The van der Waals surface area contributed by atoms with Crippen LogP contribution in [0.3, 0.4) is 0 Å². The van der Waals surface area contributed by atoms with Crippen molar-refractivity contribution in [2.75, 3.05) is 13.6 Å². The zero-order chi connectivity index (χ0) is 11.2. The van der Waals surface area contributed by atoms with Gasteiger partial charge in [-0.15, -0.1) is 0 Å². The topological polar surface area (TPSA) is 16.6 Å². The molecule has 0 amide bonds. The molecule has 0 atom stereocenters. The van der Waals surface area contributed by atoms with Crippen LogP contribution in [-0.2, 0) is 0 Å². The second-order valence-corrected chi connectivity index (χ2v) is 6.10.